The SMILES string of the molecule is Cc1cccc(S(=O)(=O)N2CC(Cn3ncc4cc(-c5cn[nH]c5)ccc43)C[C@@H]2C)c1F. The number of nitrogens with zero attached hydrogens (tertiary/aromatic N) is 4. The Morgan fingerprint density at radius 1 is 1.19 bits per heavy atom. The molecule has 0 spiro atoms. The number of hydrogen-bond donors (Lipinski definition) is 1. The van der Waals surface area contributed by atoms with Crippen LogP contribution >= 0.6 is 0 Å². The van der Waals surface area contributed by atoms with E-state index in [2.05, 4.69) is 21.4 Å². The van der Waals surface area contributed by atoms with Crippen molar-refractivity contribution in [1.82, 2.24) is 24.3 Å². The van der Waals surface area contributed by atoms with Crippen LogP contribution in [0.1, 0.15) is 18.9 Å². The van der Waals surface area contributed by atoms with E-state index in [1.165, 1.54) is 10.4 Å². The van der Waals surface area contributed by atoms with E-state index in [-0.39, 0.29) is 16.9 Å². The highest BCUT2D eigenvalue weighted by Crippen LogP contribution is 2.32. The third kappa shape index (κ3) is 3.51. The Balaban J connectivity index is 1.37. The molecule has 7 nitrogen and oxygen atoms in total. The first kappa shape index (κ1) is 20.8. The molecule has 5 rings (SSSR count). The van der Waals surface area contributed by atoms with E-state index in [0.29, 0.717) is 25.1 Å². The molecule has 9 heteroatoms. The maximum atomic E-state index is 14.6. The van der Waals surface area contributed by atoms with Gasteiger partial charge in [0, 0.05) is 36.3 Å². The van der Waals surface area contributed by atoms with E-state index in [1.807, 2.05) is 36.1 Å². The highest BCUT2D eigenvalue weighted by atomic mass is 32.2. The summed E-state index contributed by atoms with van der Waals surface area (Å²) < 4.78 is 44.3. The molecule has 4 aromatic rings. The molecule has 1 N–H and O–H groups in total. The lowest BCUT2D eigenvalue weighted by Crippen LogP contribution is -2.34. The number of H-pyrrole nitrogens is 1. The predicted molar refractivity (Wildman–Crippen MR) is 120 cm³/mol. The second kappa shape index (κ2) is 7.83. The summed E-state index contributed by atoms with van der Waals surface area (Å²) in [6.45, 7) is 4.39. The molecule has 1 aliphatic rings. The lowest BCUT2D eigenvalue weighted by molar-refractivity contribution is 0.393. The van der Waals surface area contributed by atoms with Gasteiger partial charge in [0.15, 0.2) is 0 Å². The van der Waals surface area contributed by atoms with Crippen molar-refractivity contribution in [2.24, 2.45) is 5.92 Å². The van der Waals surface area contributed by atoms with Gasteiger partial charge in [0.2, 0.25) is 10.0 Å². The molecule has 1 fully saturated rings. The van der Waals surface area contributed by atoms with Gasteiger partial charge in [-0.15, -0.1) is 0 Å². The molecule has 2 atom stereocenters. The van der Waals surface area contributed by atoms with E-state index >= 15 is 0 Å². The molecule has 0 radical (unpaired) electrons. The van der Waals surface area contributed by atoms with Gasteiger partial charge in [-0.05, 0) is 55.5 Å². The smallest absolute Gasteiger partial charge is 0.246 e. The average molecular weight is 454 g/mol. The standard InChI is InChI=1S/C23H24FN5O2S/c1-15-4-3-5-22(23(15)24)32(30,31)29-14-17(8-16(29)2)13-28-21-7-6-18(9-19(21)12-27-28)20-10-25-26-11-20/h3-7,9-12,16-17H,8,13-14H2,1-2H3,(H,25,26)/t16-,17?/m0/s1. The number of rotatable bonds is 5. The van der Waals surface area contributed by atoms with Crippen molar-refractivity contribution in [3.05, 3.63) is 66.4 Å². The Kier molecular flexibility index (Phi) is 5.10. The molecule has 0 bridgehead atoms. The van der Waals surface area contributed by atoms with Gasteiger partial charge in [0.1, 0.15) is 10.7 Å². The summed E-state index contributed by atoms with van der Waals surface area (Å²) >= 11 is 0. The Hall–Kier alpha value is -3.04. The predicted octanol–water partition coefficient (Wildman–Crippen LogP) is 3.97. The molecule has 1 saturated heterocycles. The van der Waals surface area contributed by atoms with Gasteiger partial charge in [0.05, 0.1) is 17.9 Å². The number of aromatic amines is 1. The van der Waals surface area contributed by atoms with Gasteiger partial charge in [-0.2, -0.15) is 14.5 Å². The number of hydrogen-bond acceptors (Lipinski definition) is 4. The van der Waals surface area contributed by atoms with Gasteiger partial charge >= 0.3 is 0 Å². The number of aryl methyl sites for hydroxylation is 1. The summed E-state index contributed by atoms with van der Waals surface area (Å²) in [5.41, 5.74) is 3.38. The number of halogens is 1. The lowest BCUT2D eigenvalue weighted by atomic mass is 10.1. The molecule has 0 aliphatic carbocycles. The minimum absolute atomic E-state index is 0.0873. The molecule has 0 saturated carbocycles. The van der Waals surface area contributed by atoms with Gasteiger partial charge < -0.3 is 0 Å². The topological polar surface area (TPSA) is 83.9 Å². The third-order valence-corrected chi connectivity index (χ3v) is 8.25. The first-order chi connectivity index (χ1) is 15.3. The molecule has 0 amide bonds. The molecule has 3 heterocycles. The van der Waals surface area contributed by atoms with Crippen molar-refractivity contribution < 1.29 is 12.8 Å². The minimum atomic E-state index is -3.91. The highest BCUT2D eigenvalue weighted by Gasteiger charge is 2.39. The molecule has 1 unspecified atom stereocenters. The van der Waals surface area contributed by atoms with Crippen LogP contribution in [0.4, 0.5) is 4.39 Å². The quantitative estimate of drug-likeness (QED) is 0.496. The Bertz CT molecular complexity index is 1380. The Labute approximate surface area is 185 Å². The summed E-state index contributed by atoms with van der Waals surface area (Å²) in [5.74, 6) is -0.584. The lowest BCUT2D eigenvalue weighted by Gasteiger charge is -2.21. The fourth-order valence-electron chi connectivity index (χ4n) is 4.59. The number of sulfonamides is 1. The zero-order valence-electron chi connectivity index (χ0n) is 17.9. The van der Waals surface area contributed by atoms with Gasteiger partial charge in [-0.25, -0.2) is 12.8 Å². The molecular weight excluding hydrogens is 429 g/mol. The monoisotopic (exact) mass is 453 g/mol. The fraction of sp³-hybridized carbons (Fsp3) is 0.304. The second-order valence-electron chi connectivity index (χ2n) is 8.50. The van der Waals surface area contributed by atoms with Crippen LogP contribution in [-0.4, -0.2) is 45.3 Å². The number of fused-ring (bicyclic) bond motifs is 1. The zero-order valence-corrected chi connectivity index (χ0v) is 18.7. The van der Waals surface area contributed by atoms with E-state index in [1.54, 1.807) is 25.3 Å². The highest BCUT2D eigenvalue weighted by molar-refractivity contribution is 7.89. The number of nitrogens with one attached hydrogen (secondary N) is 1. The van der Waals surface area contributed by atoms with Crippen molar-refractivity contribution in [1.29, 1.82) is 0 Å². The molecule has 2 aromatic carbocycles. The van der Waals surface area contributed by atoms with Crippen molar-refractivity contribution in [2.45, 2.75) is 37.8 Å². The first-order valence-electron chi connectivity index (χ1n) is 10.6. The summed E-state index contributed by atoms with van der Waals surface area (Å²) in [6, 6.07) is 10.4. The largest absolute Gasteiger partial charge is 0.285 e. The van der Waals surface area contributed by atoms with Crippen LogP contribution in [-0.2, 0) is 16.6 Å². The van der Waals surface area contributed by atoms with Crippen LogP contribution in [0.3, 0.4) is 0 Å². The third-order valence-electron chi connectivity index (χ3n) is 6.25. The maximum Gasteiger partial charge on any atom is 0.246 e. The van der Waals surface area contributed by atoms with Crippen LogP contribution in [0, 0.1) is 18.7 Å². The van der Waals surface area contributed by atoms with Crippen molar-refractivity contribution in [3.63, 3.8) is 0 Å². The number of benzene rings is 2. The van der Waals surface area contributed by atoms with E-state index in [9.17, 15) is 12.8 Å². The van der Waals surface area contributed by atoms with Crippen LogP contribution in [0.2, 0.25) is 0 Å². The van der Waals surface area contributed by atoms with Crippen LogP contribution in [0.5, 0.6) is 0 Å². The molecule has 2 aromatic heterocycles. The van der Waals surface area contributed by atoms with Crippen molar-refractivity contribution in [2.75, 3.05) is 6.54 Å². The maximum absolute atomic E-state index is 14.6. The van der Waals surface area contributed by atoms with Gasteiger partial charge in [-0.3, -0.25) is 9.78 Å². The van der Waals surface area contributed by atoms with Crippen LogP contribution in [0.15, 0.2) is 59.9 Å². The minimum Gasteiger partial charge on any atom is -0.285 e. The summed E-state index contributed by atoms with van der Waals surface area (Å²) in [7, 11) is -3.91. The molecule has 1 aliphatic heterocycles. The average Bonchev–Trinajstić information content (AvgIpc) is 3.50. The van der Waals surface area contributed by atoms with Gasteiger partial charge in [0.25, 0.3) is 0 Å². The first-order valence-corrected chi connectivity index (χ1v) is 12.0. The summed E-state index contributed by atoms with van der Waals surface area (Å²) in [5, 5.41) is 12.4. The fourth-order valence-corrected chi connectivity index (χ4v) is 6.45. The van der Waals surface area contributed by atoms with Crippen molar-refractivity contribution in [3.8, 4) is 11.1 Å². The van der Waals surface area contributed by atoms with Crippen LogP contribution < -0.4 is 0 Å². The Morgan fingerprint density at radius 3 is 2.81 bits per heavy atom. The second-order valence-corrected chi connectivity index (χ2v) is 10.4. The van der Waals surface area contributed by atoms with E-state index < -0.39 is 15.8 Å². The number of aromatic nitrogens is 4. The molecule has 32 heavy (non-hydrogen) atoms. The zero-order chi connectivity index (χ0) is 22.5. The van der Waals surface area contributed by atoms with Crippen LogP contribution in [0.25, 0.3) is 22.0 Å². The van der Waals surface area contributed by atoms with Gasteiger partial charge in [-0.1, -0.05) is 18.2 Å². The molecular formula is C23H24FN5O2S. The van der Waals surface area contributed by atoms with E-state index in [0.717, 1.165) is 22.0 Å². The summed E-state index contributed by atoms with van der Waals surface area (Å²) in [6.07, 6.45) is 6.14. The molecule has 166 valence electrons. The normalized spacial score (nSPS) is 19.7. The Morgan fingerprint density at radius 2 is 2.03 bits per heavy atom. The van der Waals surface area contributed by atoms with Crippen molar-refractivity contribution >= 4 is 20.9 Å². The van der Waals surface area contributed by atoms with E-state index in [4.69, 9.17) is 0 Å². The summed E-state index contributed by atoms with van der Waals surface area (Å²) in [4.78, 5) is -0.249.